The summed E-state index contributed by atoms with van der Waals surface area (Å²) < 4.78 is 0. The van der Waals surface area contributed by atoms with Crippen molar-refractivity contribution in [3.8, 4) is 0 Å². The lowest BCUT2D eigenvalue weighted by atomic mass is 10.1. The van der Waals surface area contributed by atoms with E-state index >= 15 is 0 Å². The predicted molar refractivity (Wildman–Crippen MR) is 72.4 cm³/mol. The van der Waals surface area contributed by atoms with Gasteiger partial charge in [-0.2, -0.15) is 0 Å². The van der Waals surface area contributed by atoms with Crippen LogP contribution < -0.4 is 0 Å². The first-order valence-corrected chi connectivity index (χ1v) is 6.61. The van der Waals surface area contributed by atoms with E-state index < -0.39 is 0 Å². The summed E-state index contributed by atoms with van der Waals surface area (Å²) in [5.41, 5.74) is 2.76. The van der Waals surface area contributed by atoms with E-state index in [1.54, 1.807) is 0 Å². The maximum atomic E-state index is 2.27. The molecule has 0 saturated carbocycles. The molecule has 1 aromatic heterocycles. The molecule has 0 atom stereocenters. The van der Waals surface area contributed by atoms with Crippen LogP contribution in [0.5, 0.6) is 0 Å². The summed E-state index contributed by atoms with van der Waals surface area (Å²) >= 11 is 1.94. The van der Waals surface area contributed by atoms with Gasteiger partial charge in [0.1, 0.15) is 0 Å². The number of hydrogen-bond donors (Lipinski definition) is 0. The highest BCUT2D eigenvalue weighted by Crippen LogP contribution is 2.26. The number of hydrogen-bond acceptors (Lipinski definition) is 1. The summed E-state index contributed by atoms with van der Waals surface area (Å²) in [5, 5.41) is 0. The van der Waals surface area contributed by atoms with Gasteiger partial charge < -0.3 is 0 Å². The number of benzene rings is 1. The lowest BCUT2D eigenvalue weighted by Crippen LogP contribution is -1.84. The first-order valence-electron chi connectivity index (χ1n) is 5.79. The minimum absolute atomic E-state index is 0.649. The summed E-state index contributed by atoms with van der Waals surface area (Å²) in [7, 11) is 0. The second-order valence-corrected chi connectivity index (χ2v) is 5.82. The molecule has 0 aliphatic carbocycles. The molecule has 0 spiro atoms. The second-order valence-electron chi connectivity index (χ2n) is 4.62. The Bertz CT molecular complexity index is 466. The zero-order valence-electron chi connectivity index (χ0n) is 10.2. The molecule has 1 heteroatoms. The average molecular weight is 230 g/mol. The molecule has 0 unspecified atom stereocenters. The summed E-state index contributed by atoms with van der Waals surface area (Å²) in [5.74, 6) is 0.649. The molecule has 2 rings (SSSR count). The van der Waals surface area contributed by atoms with Crippen LogP contribution in [0.2, 0.25) is 0 Å². The molecule has 16 heavy (non-hydrogen) atoms. The van der Waals surface area contributed by atoms with Crippen LogP contribution in [0.15, 0.2) is 36.4 Å². The van der Waals surface area contributed by atoms with Crippen molar-refractivity contribution in [1.29, 1.82) is 0 Å². The molecule has 0 saturated heterocycles. The largest absolute Gasteiger partial charge is 0.145 e. The number of thiophene rings is 1. The normalized spacial score (nSPS) is 11.0. The highest BCUT2D eigenvalue weighted by atomic mass is 32.1. The number of rotatable bonds is 3. The molecule has 0 fully saturated rings. The zero-order chi connectivity index (χ0) is 11.5. The molecular weight excluding hydrogens is 212 g/mol. The van der Waals surface area contributed by atoms with E-state index in [4.69, 9.17) is 0 Å². The molecule has 0 N–H and O–H groups in total. The van der Waals surface area contributed by atoms with Gasteiger partial charge in [-0.3, -0.25) is 0 Å². The maximum absolute atomic E-state index is 2.27. The smallest absolute Gasteiger partial charge is 0.00921 e. The fraction of sp³-hybridized carbons (Fsp3) is 0.333. The van der Waals surface area contributed by atoms with E-state index in [1.807, 2.05) is 11.3 Å². The van der Waals surface area contributed by atoms with E-state index in [9.17, 15) is 0 Å². The van der Waals surface area contributed by atoms with Crippen LogP contribution in [0.4, 0.5) is 0 Å². The van der Waals surface area contributed by atoms with Gasteiger partial charge in [0.15, 0.2) is 0 Å². The van der Waals surface area contributed by atoms with Crippen molar-refractivity contribution in [2.45, 2.75) is 33.1 Å². The molecule has 84 valence electrons. The molecule has 1 aromatic carbocycles. The minimum Gasteiger partial charge on any atom is -0.145 e. The Morgan fingerprint density at radius 1 is 1.12 bits per heavy atom. The van der Waals surface area contributed by atoms with Gasteiger partial charge in [-0.1, -0.05) is 43.7 Å². The molecule has 0 radical (unpaired) electrons. The fourth-order valence-electron chi connectivity index (χ4n) is 1.82. The van der Waals surface area contributed by atoms with Crippen LogP contribution in [-0.4, -0.2) is 0 Å². The van der Waals surface area contributed by atoms with Gasteiger partial charge in [0.25, 0.3) is 0 Å². The van der Waals surface area contributed by atoms with Crippen molar-refractivity contribution in [1.82, 2.24) is 0 Å². The molecule has 0 bridgehead atoms. The van der Waals surface area contributed by atoms with Crippen molar-refractivity contribution >= 4 is 11.3 Å². The van der Waals surface area contributed by atoms with E-state index in [1.165, 1.54) is 20.9 Å². The maximum Gasteiger partial charge on any atom is 0.00921 e. The van der Waals surface area contributed by atoms with Gasteiger partial charge in [-0.25, -0.2) is 0 Å². The first-order chi connectivity index (χ1) is 7.65. The van der Waals surface area contributed by atoms with Gasteiger partial charge in [0, 0.05) is 16.2 Å². The molecule has 1 heterocycles. The second kappa shape index (κ2) is 4.84. The van der Waals surface area contributed by atoms with Gasteiger partial charge in [-0.05, 0) is 30.5 Å². The van der Waals surface area contributed by atoms with E-state index in [0.717, 1.165) is 6.42 Å². The van der Waals surface area contributed by atoms with Crippen LogP contribution >= 0.6 is 11.3 Å². The van der Waals surface area contributed by atoms with Crippen molar-refractivity contribution in [3.63, 3.8) is 0 Å². The van der Waals surface area contributed by atoms with Crippen molar-refractivity contribution in [2.24, 2.45) is 0 Å². The highest BCUT2D eigenvalue weighted by Gasteiger charge is 2.04. The zero-order valence-corrected chi connectivity index (χ0v) is 11.0. The molecule has 0 aliphatic heterocycles. The first kappa shape index (κ1) is 11.4. The van der Waals surface area contributed by atoms with Crippen LogP contribution in [0, 0.1) is 6.92 Å². The molecule has 0 aliphatic rings. The summed E-state index contributed by atoms with van der Waals surface area (Å²) in [6.45, 7) is 6.65. The Kier molecular flexibility index (Phi) is 3.45. The molecule has 0 amide bonds. The minimum atomic E-state index is 0.649. The van der Waals surface area contributed by atoms with Gasteiger partial charge in [0.2, 0.25) is 0 Å². The molecule has 2 aromatic rings. The lowest BCUT2D eigenvalue weighted by molar-refractivity contribution is 0.890. The molecule has 0 nitrogen and oxygen atoms in total. The monoisotopic (exact) mass is 230 g/mol. The summed E-state index contributed by atoms with van der Waals surface area (Å²) in [6, 6.07) is 13.3. The quantitative estimate of drug-likeness (QED) is 0.712. The third-order valence-corrected chi connectivity index (χ3v) is 4.10. The Hall–Kier alpha value is -1.08. The Labute approximate surface area is 102 Å². The topological polar surface area (TPSA) is 0 Å². The summed E-state index contributed by atoms with van der Waals surface area (Å²) in [6.07, 6.45) is 1.07. The van der Waals surface area contributed by atoms with Crippen molar-refractivity contribution in [3.05, 3.63) is 57.3 Å². The van der Waals surface area contributed by atoms with Gasteiger partial charge >= 0.3 is 0 Å². The van der Waals surface area contributed by atoms with Crippen LogP contribution in [0.1, 0.15) is 40.6 Å². The lowest BCUT2D eigenvalue weighted by Gasteiger charge is -2.01. The highest BCUT2D eigenvalue weighted by molar-refractivity contribution is 7.12. The van der Waals surface area contributed by atoms with Gasteiger partial charge in [-0.15, -0.1) is 11.3 Å². The van der Waals surface area contributed by atoms with Crippen molar-refractivity contribution in [2.75, 3.05) is 0 Å². The SMILES string of the molecule is Cc1cccc(Cc2ccc(C(C)C)s2)c1. The third kappa shape index (κ3) is 2.73. The van der Waals surface area contributed by atoms with Crippen LogP contribution in [0.3, 0.4) is 0 Å². The standard InChI is InChI=1S/C15H18S/c1-11(2)15-8-7-14(16-15)10-13-6-4-5-12(3)9-13/h4-9,11H,10H2,1-3H3. The Balaban J connectivity index is 2.14. The predicted octanol–water partition coefficient (Wildman–Crippen LogP) is 4.77. The third-order valence-electron chi connectivity index (χ3n) is 2.71. The van der Waals surface area contributed by atoms with E-state index in [2.05, 4.69) is 57.2 Å². The Morgan fingerprint density at radius 3 is 2.56 bits per heavy atom. The average Bonchev–Trinajstić information content (AvgIpc) is 2.66. The van der Waals surface area contributed by atoms with Gasteiger partial charge in [0.05, 0.1) is 0 Å². The van der Waals surface area contributed by atoms with E-state index in [-0.39, 0.29) is 0 Å². The Morgan fingerprint density at radius 2 is 1.94 bits per heavy atom. The summed E-state index contributed by atoms with van der Waals surface area (Å²) in [4.78, 5) is 2.96. The van der Waals surface area contributed by atoms with Crippen molar-refractivity contribution < 1.29 is 0 Å². The molecular formula is C15H18S. The number of aryl methyl sites for hydroxylation is 1. The fourth-order valence-corrected chi connectivity index (χ4v) is 2.87. The van der Waals surface area contributed by atoms with Crippen LogP contribution in [0.25, 0.3) is 0 Å². The van der Waals surface area contributed by atoms with E-state index in [0.29, 0.717) is 5.92 Å². The van der Waals surface area contributed by atoms with Crippen LogP contribution in [-0.2, 0) is 6.42 Å².